The third kappa shape index (κ3) is 8.17. The number of aliphatic carboxylic acids is 1. The standard InChI is InChI=1S/C35H34N2O5/c1-2-3-17-33(38)28-13-7-9-15-30(28)36-22-23-42-27-20-18-25(19-21-27)24-32(35(40)41)37-31-16-10-8-14-29(31)34(39)26-11-5-4-6-12-26/h2,4-16,18-21,32,36-37H,1,3,17,22-24H2,(H,40,41). The highest BCUT2D eigenvalue weighted by molar-refractivity contribution is 6.12. The molecule has 0 aliphatic rings. The van der Waals surface area contributed by atoms with Crippen molar-refractivity contribution in [3.8, 4) is 5.75 Å². The molecule has 0 bridgehead atoms. The van der Waals surface area contributed by atoms with Gasteiger partial charge in [-0.2, -0.15) is 0 Å². The zero-order valence-corrected chi connectivity index (χ0v) is 23.3. The van der Waals surface area contributed by atoms with Gasteiger partial charge in [-0.1, -0.05) is 72.8 Å². The first kappa shape index (κ1) is 29.8. The SMILES string of the molecule is C=CCCC(=O)c1ccccc1NCCOc1ccc(CC(Nc2ccccc2C(=O)c2ccccc2)C(=O)O)cc1. The second-order valence-electron chi connectivity index (χ2n) is 9.70. The number of carboxylic acid groups (broad SMARTS) is 1. The Morgan fingerprint density at radius 2 is 1.45 bits per heavy atom. The predicted molar refractivity (Wildman–Crippen MR) is 166 cm³/mol. The van der Waals surface area contributed by atoms with E-state index in [0.29, 0.717) is 54.1 Å². The first-order chi connectivity index (χ1) is 20.5. The number of anilines is 2. The number of allylic oxidation sites excluding steroid dienone is 1. The molecule has 4 aromatic rings. The third-order valence-electron chi connectivity index (χ3n) is 6.69. The summed E-state index contributed by atoms with van der Waals surface area (Å²) in [7, 11) is 0. The van der Waals surface area contributed by atoms with Crippen molar-refractivity contribution >= 4 is 28.9 Å². The van der Waals surface area contributed by atoms with E-state index in [9.17, 15) is 19.5 Å². The number of nitrogens with one attached hydrogen (secondary N) is 2. The van der Waals surface area contributed by atoms with E-state index in [2.05, 4.69) is 17.2 Å². The molecule has 1 atom stereocenters. The summed E-state index contributed by atoms with van der Waals surface area (Å²) in [6.07, 6.45) is 3.00. The summed E-state index contributed by atoms with van der Waals surface area (Å²) < 4.78 is 5.85. The van der Waals surface area contributed by atoms with Crippen molar-refractivity contribution in [3.63, 3.8) is 0 Å². The topological polar surface area (TPSA) is 105 Å². The Hall–Kier alpha value is -5.17. The van der Waals surface area contributed by atoms with Gasteiger partial charge >= 0.3 is 5.97 Å². The minimum Gasteiger partial charge on any atom is -0.492 e. The van der Waals surface area contributed by atoms with Crippen LogP contribution in [0.3, 0.4) is 0 Å². The first-order valence-corrected chi connectivity index (χ1v) is 13.8. The van der Waals surface area contributed by atoms with Crippen molar-refractivity contribution in [2.75, 3.05) is 23.8 Å². The molecule has 42 heavy (non-hydrogen) atoms. The molecule has 4 aromatic carbocycles. The molecule has 1 unspecified atom stereocenters. The lowest BCUT2D eigenvalue weighted by molar-refractivity contribution is -0.137. The van der Waals surface area contributed by atoms with Gasteiger partial charge in [0.2, 0.25) is 0 Å². The normalized spacial score (nSPS) is 11.2. The van der Waals surface area contributed by atoms with Crippen molar-refractivity contribution in [3.05, 3.63) is 138 Å². The average Bonchev–Trinajstić information content (AvgIpc) is 3.02. The summed E-state index contributed by atoms with van der Waals surface area (Å²) in [4.78, 5) is 37.7. The van der Waals surface area contributed by atoms with Gasteiger partial charge in [-0.25, -0.2) is 4.79 Å². The van der Waals surface area contributed by atoms with Crippen LogP contribution in [0.1, 0.15) is 44.7 Å². The molecule has 4 rings (SSSR count). The Morgan fingerprint density at radius 1 is 0.810 bits per heavy atom. The molecule has 0 heterocycles. The minimum atomic E-state index is -1.02. The van der Waals surface area contributed by atoms with E-state index in [0.717, 1.165) is 11.3 Å². The van der Waals surface area contributed by atoms with Gasteiger partial charge in [0.15, 0.2) is 11.6 Å². The van der Waals surface area contributed by atoms with Gasteiger partial charge in [0, 0.05) is 47.5 Å². The fourth-order valence-electron chi connectivity index (χ4n) is 4.50. The van der Waals surface area contributed by atoms with Crippen LogP contribution in [0.5, 0.6) is 5.75 Å². The van der Waals surface area contributed by atoms with Crippen LogP contribution >= 0.6 is 0 Å². The molecule has 0 saturated heterocycles. The molecule has 0 aliphatic heterocycles. The maximum absolute atomic E-state index is 13.1. The summed E-state index contributed by atoms with van der Waals surface area (Å²) in [6, 6.07) is 29.5. The lowest BCUT2D eigenvalue weighted by Gasteiger charge is -2.18. The van der Waals surface area contributed by atoms with Crippen molar-refractivity contribution in [2.24, 2.45) is 0 Å². The molecule has 0 aliphatic carbocycles. The first-order valence-electron chi connectivity index (χ1n) is 13.8. The van der Waals surface area contributed by atoms with Gasteiger partial charge in [-0.3, -0.25) is 9.59 Å². The number of hydrogen-bond donors (Lipinski definition) is 3. The van der Waals surface area contributed by atoms with Crippen molar-refractivity contribution in [1.29, 1.82) is 0 Å². The van der Waals surface area contributed by atoms with Gasteiger partial charge in [0.25, 0.3) is 0 Å². The number of carbonyl (C=O) groups excluding carboxylic acids is 2. The molecule has 7 nitrogen and oxygen atoms in total. The third-order valence-corrected chi connectivity index (χ3v) is 6.69. The maximum Gasteiger partial charge on any atom is 0.326 e. The van der Waals surface area contributed by atoms with Crippen LogP contribution in [0, 0.1) is 0 Å². The predicted octanol–water partition coefficient (Wildman–Crippen LogP) is 6.67. The molecule has 0 saturated carbocycles. The van der Waals surface area contributed by atoms with E-state index in [1.165, 1.54) is 0 Å². The number of ketones is 2. The number of rotatable bonds is 16. The van der Waals surface area contributed by atoms with Crippen LogP contribution in [0.2, 0.25) is 0 Å². The van der Waals surface area contributed by atoms with Gasteiger partial charge in [-0.05, 0) is 48.4 Å². The highest BCUT2D eigenvalue weighted by Crippen LogP contribution is 2.22. The number of benzene rings is 4. The van der Waals surface area contributed by atoms with Crippen LogP contribution in [0.25, 0.3) is 0 Å². The lowest BCUT2D eigenvalue weighted by atomic mass is 10.00. The minimum absolute atomic E-state index is 0.0648. The van der Waals surface area contributed by atoms with Crippen LogP contribution in [0.4, 0.5) is 11.4 Å². The molecule has 214 valence electrons. The number of para-hydroxylation sites is 2. The summed E-state index contributed by atoms with van der Waals surface area (Å²) in [5.41, 5.74) is 3.64. The number of Topliss-reactive ketones (excluding diaryl/α,β-unsaturated/α-hetero) is 1. The van der Waals surface area contributed by atoms with Gasteiger partial charge in [0.1, 0.15) is 18.4 Å². The van der Waals surface area contributed by atoms with Crippen molar-refractivity contribution < 1.29 is 24.2 Å². The molecule has 3 N–H and O–H groups in total. The second kappa shape index (κ2) is 15.0. The van der Waals surface area contributed by atoms with E-state index in [1.807, 2.05) is 42.5 Å². The van der Waals surface area contributed by atoms with E-state index in [1.54, 1.807) is 66.7 Å². The average molecular weight is 563 g/mol. The molecule has 0 fully saturated rings. The van der Waals surface area contributed by atoms with Gasteiger partial charge in [-0.15, -0.1) is 6.58 Å². The number of hydrogen-bond acceptors (Lipinski definition) is 6. The highest BCUT2D eigenvalue weighted by Gasteiger charge is 2.21. The van der Waals surface area contributed by atoms with Crippen LogP contribution < -0.4 is 15.4 Å². The Balaban J connectivity index is 1.33. The molecule has 0 aromatic heterocycles. The van der Waals surface area contributed by atoms with Gasteiger partial charge < -0.3 is 20.5 Å². The van der Waals surface area contributed by atoms with Crippen LogP contribution in [-0.2, 0) is 11.2 Å². The Morgan fingerprint density at radius 3 is 2.14 bits per heavy atom. The summed E-state index contributed by atoms with van der Waals surface area (Å²) in [5.74, 6) is -0.488. The summed E-state index contributed by atoms with van der Waals surface area (Å²) in [6.45, 7) is 4.55. The molecular formula is C35H34N2O5. The van der Waals surface area contributed by atoms with Crippen molar-refractivity contribution in [2.45, 2.75) is 25.3 Å². The Bertz CT molecular complexity index is 1520. The van der Waals surface area contributed by atoms with E-state index in [-0.39, 0.29) is 18.0 Å². The quantitative estimate of drug-likeness (QED) is 0.0796. The van der Waals surface area contributed by atoms with Crippen molar-refractivity contribution in [1.82, 2.24) is 0 Å². The zero-order chi connectivity index (χ0) is 29.7. The maximum atomic E-state index is 13.1. The fourth-order valence-corrected chi connectivity index (χ4v) is 4.50. The van der Waals surface area contributed by atoms with E-state index < -0.39 is 12.0 Å². The largest absolute Gasteiger partial charge is 0.492 e. The lowest BCUT2D eigenvalue weighted by Crippen LogP contribution is -2.32. The number of carbonyl (C=O) groups is 3. The Kier molecular flexibility index (Phi) is 10.6. The zero-order valence-electron chi connectivity index (χ0n) is 23.3. The Labute approximate surface area is 245 Å². The van der Waals surface area contributed by atoms with Crippen LogP contribution in [0.15, 0.2) is 116 Å². The second-order valence-corrected chi connectivity index (χ2v) is 9.70. The smallest absolute Gasteiger partial charge is 0.326 e. The number of carboxylic acids is 1. The molecule has 0 radical (unpaired) electrons. The molecule has 0 amide bonds. The van der Waals surface area contributed by atoms with E-state index in [4.69, 9.17) is 4.74 Å². The monoisotopic (exact) mass is 562 g/mol. The highest BCUT2D eigenvalue weighted by atomic mass is 16.5. The number of ether oxygens (including phenoxy) is 1. The molecule has 0 spiro atoms. The molecule has 7 heteroatoms. The van der Waals surface area contributed by atoms with Crippen LogP contribution in [-0.4, -0.2) is 41.8 Å². The van der Waals surface area contributed by atoms with Gasteiger partial charge in [0.05, 0.1) is 0 Å². The molecular weight excluding hydrogens is 528 g/mol. The summed E-state index contributed by atoms with van der Waals surface area (Å²) in [5, 5.41) is 16.2. The fraction of sp³-hybridized carbons (Fsp3) is 0.171. The van der Waals surface area contributed by atoms with E-state index >= 15 is 0 Å². The summed E-state index contributed by atoms with van der Waals surface area (Å²) >= 11 is 0.